The van der Waals surface area contributed by atoms with Crippen molar-refractivity contribution < 1.29 is 18.0 Å². The van der Waals surface area contributed by atoms with Crippen LogP contribution in [0.25, 0.3) is 0 Å². The lowest BCUT2D eigenvalue weighted by Gasteiger charge is -2.29. The van der Waals surface area contributed by atoms with Crippen molar-refractivity contribution >= 4 is 21.8 Å². The quantitative estimate of drug-likeness (QED) is 0.722. The lowest BCUT2D eigenvalue weighted by atomic mass is 9.89. The molecule has 1 aromatic rings. The van der Waals surface area contributed by atoms with E-state index in [1.807, 2.05) is 38.1 Å². The van der Waals surface area contributed by atoms with Gasteiger partial charge in [0, 0.05) is 44.8 Å². The normalized spacial score (nSPS) is 24.6. The number of nitrogens with one attached hydrogen (secondary N) is 1. The van der Waals surface area contributed by atoms with E-state index in [4.69, 9.17) is 0 Å². The van der Waals surface area contributed by atoms with E-state index in [9.17, 15) is 18.0 Å². The summed E-state index contributed by atoms with van der Waals surface area (Å²) in [5, 5.41) is 3.34. The van der Waals surface area contributed by atoms with E-state index in [0.29, 0.717) is 17.8 Å². The molecule has 0 saturated carbocycles. The van der Waals surface area contributed by atoms with Gasteiger partial charge in [-0.05, 0) is 29.7 Å². The van der Waals surface area contributed by atoms with Gasteiger partial charge in [-0.2, -0.15) is 0 Å². The number of sulfonamides is 1. The molecule has 3 heterocycles. The molecule has 0 bridgehead atoms. The molecule has 0 spiro atoms. The highest BCUT2D eigenvalue weighted by Crippen LogP contribution is 2.41. The van der Waals surface area contributed by atoms with Crippen LogP contribution in [-0.4, -0.2) is 79.4 Å². The minimum atomic E-state index is -3.74. The number of fused-ring (bicyclic) bond motifs is 1. The van der Waals surface area contributed by atoms with Gasteiger partial charge in [-0.15, -0.1) is 0 Å². The van der Waals surface area contributed by atoms with Gasteiger partial charge in [-0.1, -0.05) is 26.0 Å². The summed E-state index contributed by atoms with van der Waals surface area (Å²) in [7, 11) is -3.74. The van der Waals surface area contributed by atoms with Crippen LogP contribution in [0.1, 0.15) is 29.8 Å². The lowest BCUT2D eigenvalue weighted by Crippen LogP contribution is -2.43. The second-order valence-corrected chi connectivity index (χ2v) is 10.7. The van der Waals surface area contributed by atoms with Gasteiger partial charge in [0.15, 0.2) is 0 Å². The van der Waals surface area contributed by atoms with Gasteiger partial charge in [0.1, 0.15) is 0 Å². The van der Waals surface area contributed by atoms with E-state index in [2.05, 4.69) is 10.2 Å². The van der Waals surface area contributed by atoms with Crippen molar-refractivity contribution in [3.8, 4) is 0 Å². The first-order valence-corrected chi connectivity index (χ1v) is 12.6. The number of piperazine rings is 1. The molecular weight excluding hydrogens is 416 g/mol. The molecule has 1 aromatic carbocycles. The fourth-order valence-corrected chi connectivity index (χ4v) is 5.84. The van der Waals surface area contributed by atoms with Gasteiger partial charge < -0.3 is 10.2 Å². The van der Waals surface area contributed by atoms with Gasteiger partial charge in [0.25, 0.3) is 5.91 Å². The number of benzene rings is 1. The number of carbonyl (C=O) groups is 2. The molecule has 0 unspecified atom stereocenters. The van der Waals surface area contributed by atoms with Gasteiger partial charge in [-0.3, -0.25) is 14.5 Å². The smallest absolute Gasteiger partial charge is 0.254 e. The summed E-state index contributed by atoms with van der Waals surface area (Å²) in [6.07, 6.45) is 2.73. The van der Waals surface area contributed by atoms with Crippen LogP contribution in [0, 0.1) is 11.8 Å². The molecule has 8 nitrogen and oxygen atoms in total. The molecular formula is C22H30N4O4S. The maximum absolute atomic E-state index is 13.3. The van der Waals surface area contributed by atoms with Crippen LogP contribution in [0.15, 0.2) is 36.0 Å². The minimum absolute atomic E-state index is 0.0949. The Morgan fingerprint density at radius 1 is 1.16 bits per heavy atom. The zero-order valence-corrected chi connectivity index (χ0v) is 19.1. The third-order valence-corrected chi connectivity index (χ3v) is 7.38. The number of nitrogens with zero attached hydrogens (tertiary/aromatic N) is 3. The van der Waals surface area contributed by atoms with Gasteiger partial charge in [-0.25, -0.2) is 12.7 Å². The summed E-state index contributed by atoms with van der Waals surface area (Å²) < 4.78 is 25.4. The first-order chi connectivity index (χ1) is 14.7. The summed E-state index contributed by atoms with van der Waals surface area (Å²) >= 11 is 0. The Kier molecular flexibility index (Phi) is 5.93. The number of carbonyl (C=O) groups excluding carboxylic acids is 2. The number of hydrogen-bond donors (Lipinski definition) is 1. The van der Waals surface area contributed by atoms with E-state index in [0.717, 1.165) is 48.8 Å². The molecule has 2 fully saturated rings. The molecule has 3 aliphatic rings. The number of hydrogen-bond acceptors (Lipinski definition) is 6. The summed E-state index contributed by atoms with van der Waals surface area (Å²) in [5.41, 5.74) is 2.11. The Morgan fingerprint density at radius 2 is 1.81 bits per heavy atom. The van der Waals surface area contributed by atoms with Crippen molar-refractivity contribution in [2.75, 3.05) is 39.0 Å². The van der Waals surface area contributed by atoms with Gasteiger partial charge in [0.2, 0.25) is 15.9 Å². The average Bonchev–Trinajstić information content (AvgIpc) is 3.24. The van der Waals surface area contributed by atoms with E-state index >= 15 is 0 Å². The Labute approximate surface area is 183 Å². The summed E-state index contributed by atoms with van der Waals surface area (Å²) in [6, 6.07) is 7.06. The molecule has 31 heavy (non-hydrogen) atoms. The fourth-order valence-electron chi connectivity index (χ4n) is 4.82. The summed E-state index contributed by atoms with van der Waals surface area (Å²) in [4.78, 5) is 30.2. The molecule has 0 aromatic heterocycles. The number of rotatable bonds is 5. The molecule has 2 amide bonds. The molecule has 0 radical (unpaired) electrons. The van der Waals surface area contributed by atoms with Crippen molar-refractivity contribution in [1.29, 1.82) is 0 Å². The van der Waals surface area contributed by atoms with Crippen LogP contribution >= 0.6 is 0 Å². The SMILES string of the molecule is CC(C)[C@H]1C(=O)N(S(C)(=O)=O)C2=CCN(C(=O)c3ccc(CN4CCNCC4)cc3)[C@@H]21. The fraction of sp³-hybridized carbons (Fsp3) is 0.545. The average molecular weight is 447 g/mol. The monoisotopic (exact) mass is 446 g/mol. The third kappa shape index (κ3) is 4.14. The Bertz CT molecular complexity index is 997. The molecule has 9 heteroatoms. The Hall–Kier alpha value is -2.23. The third-order valence-electron chi connectivity index (χ3n) is 6.32. The van der Waals surface area contributed by atoms with E-state index in [1.54, 1.807) is 11.0 Å². The first-order valence-electron chi connectivity index (χ1n) is 10.8. The maximum atomic E-state index is 13.3. The van der Waals surface area contributed by atoms with Crippen molar-refractivity contribution in [2.45, 2.75) is 26.4 Å². The van der Waals surface area contributed by atoms with Crippen molar-refractivity contribution in [3.05, 3.63) is 47.2 Å². The topological polar surface area (TPSA) is 90.0 Å². The highest BCUT2D eigenvalue weighted by molar-refractivity contribution is 7.89. The minimum Gasteiger partial charge on any atom is -0.325 e. The highest BCUT2D eigenvalue weighted by Gasteiger charge is 2.54. The Balaban J connectivity index is 1.53. The van der Waals surface area contributed by atoms with Crippen LogP contribution in [0.5, 0.6) is 0 Å². The van der Waals surface area contributed by atoms with Crippen LogP contribution < -0.4 is 5.32 Å². The van der Waals surface area contributed by atoms with Crippen LogP contribution in [0.2, 0.25) is 0 Å². The molecule has 0 aliphatic carbocycles. The van der Waals surface area contributed by atoms with E-state index in [1.165, 1.54) is 0 Å². The summed E-state index contributed by atoms with van der Waals surface area (Å²) in [5.74, 6) is -1.29. The zero-order chi connectivity index (χ0) is 22.3. The molecule has 3 aliphatic heterocycles. The van der Waals surface area contributed by atoms with Crippen molar-refractivity contribution in [3.63, 3.8) is 0 Å². The van der Waals surface area contributed by atoms with Crippen molar-refractivity contribution in [2.24, 2.45) is 11.8 Å². The standard InChI is InChI=1S/C22H30N4O4S/c1-15(2)19-20-18(26(22(19)28)31(3,29)30)8-11-25(20)21(27)17-6-4-16(5-7-17)14-24-12-9-23-10-13-24/h4-8,15,19-20,23H,9-14H2,1-3H3/t19-,20+/m1/s1. The lowest BCUT2D eigenvalue weighted by molar-refractivity contribution is -0.128. The van der Waals surface area contributed by atoms with Gasteiger partial charge >= 0.3 is 0 Å². The molecule has 1 N–H and O–H groups in total. The summed E-state index contributed by atoms with van der Waals surface area (Å²) in [6.45, 7) is 8.91. The molecule has 168 valence electrons. The Morgan fingerprint density at radius 3 is 2.39 bits per heavy atom. The predicted octanol–water partition coefficient (Wildman–Crippen LogP) is 0.874. The molecule has 2 saturated heterocycles. The van der Waals surface area contributed by atoms with Crippen LogP contribution in [-0.2, 0) is 21.4 Å². The molecule has 4 rings (SSSR count). The van der Waals surface area contributed by atoms with E-state index in [-0.39, 0.29) is 11.8 Å². The maximum Gasteiger partial charge on any atom is 0.254 e. The molecule has 2 atom stereocenters. The largest absolute Gasteiger partial charge is 0.325 e. The zero-order valence-electron chi connectivity index (χ0n) is 18.2. The first kappa shape index (κ1) is 22.0. The van der Waals surface area contributed by atoms with E-state index < -0.39 is 27.9 Å². The predicted molar refractivity (Wildman–Crippen MR) is 118 cm³/mol. The van der Waals surface area contributed by atoms with Crippen LogP contribution in [0.3, 0.4) is 0 Å². The van der Waals surface area contributed by atoms with Crippen LogP contribution in [0.4, 0.5) is 0 Å². The second kappa shape index (κ2) is 8.37. The van der Waals surface area contributed by atoms with Gasteiger partial charge in [0.05, 0.1) is 23.9 Å². The van der Waals surface area contributed by atoms with Crippen molar-refractivity contribution in [1.82, 2.24) is 19.4 Å². The number of amides is 2. The second-order valence-electron chi connectivity index (χ2n) is 8.89. The highest BCUT2D eigenvalue weighted by atomic mass is 32.2.